The van der Waals surface area contributed by atoms with Gasteiger partial charge in [-0.3, -0.25) is 4.98 Å². The van der Waals surface area contributed by atoms with Gasteiger partial charge in [-0.05, 0) is 37.1 Å². The lowest BCUT2D eigenvalue weighted by atomic mass is 10.0. The molecular weight excluding hydrogens is 236 g/mol. The number of rotatable bonds is 2. The van der Waals surface area contributed by atoms with Crippen molar-refractivity contribution in [1.82, 2.24) is 4.98 Å². The number of aryl methyl sites for hydroxylation is 2. The Bertz CT molecular complexity index is 589. The molecule has 0 amide bonds. The van der Waals surface area contributed by atoms with Crippen molar-refractivity contribution >= 4 is 16.6 Å². The van der Waals surface area contributed by atoms with Crippen molar-refractivity contribution in [2.24, 2.45) is 0 Å². The molecule has 0 radical (unpaired) electrons. The van der Waals surface area contributed by atoms with Crippen LogP contribution in [0.2, 0.25) is 0 Å². The van der Waals surface area contributed by atoms with E-state index in [2.05, 4.69) is 41.1 Å². The van der Waals surface area contributed by atoms with Crippen LogP contribution in [0, 0.1) is 6.92 Å². The Morgan fingerprint density at radius 3 is 2.68 bits per heavy atom. The van der Waals surface area contributed by atoms with E-state index >= 15 is 0 Å². The van der Waals surface area contributed by atoms with Gasteiger partial charge in [-0.25, -0.2) is 0 Å². The average Bonchev–Trinajstić information content (AvgIpc) is 2.46. The van der Waals surface area contributed by atoms with Crippen LogP contribution < -0.4 is 4.90 Å². The highest BCUT2D eigenvalue weighted by Gasteiger charge is 2.16. The molecule has 0 unspecified atom stereocenters. The molecule has 100 valence electrons. The molecule has 0 N–H and O–H groups in total. The summed E-state index contributed by atoms with van der Waals surface area (Å²) in [5, 5.41) is 1.29. The summed E-state index contributed by atoms with van der Waals surface area (Å²) in [7, 11) is 0. The van der Waals surface area contributed by atoms with E-state index in [0.29, 0.717) is 0 Å². The first-order valence-corrected chi connectivity index (χ1v) is 7.01. The molecule has 3 rings (SSSR count). The highest BCUT2D eigenvalue weighted by Crippen LogP contribution is 2.29. The lowest BCUT2D eigenvalue weighted by Crippen LogP contribution is -2.36. The molecule has 0 saturated carbocycles. The number of hydrogen-bond donors (Lipinski definition) is 0. The average molecular weight is 256 g/mol. The van der Waals surface area contributed by atoms with Gasteiger partial charge in [0.05, 0.1) is 18.7 Å². The van der Waals surface area contributed by atoms with Crippen LogP contribution in [0.25, 0.3) is 10.9 Å². The molecule has 2 heterocycles. The van der Waals surface area contributed by atoms with E-state index in [9.17, 15) is 0 Å². The predicted octanol–water partition coefficient (Wildman–Crippen LogP) is 2.94. The molecule has 1 aliphatic rings. The van der Waals surface area contributed by atoms with Crippen molar-refractivity contribution in [1.29, 1.82) is 0 Å². The minimum atomic E-state index is 0.827. The van der Waals surface area contributed by atoms with Gasteiger partial charge in [-0.1, -0.05) is 13.0 Å². The zero-order valence-electron chi connectivity index (χ0n) is 11.6. The van der Waals surface area contributed by atoms with E-state index in [1.807, 2.05) is 6.92 Å². The first-order chi connectivity index (χ1) is 9.29. The van der Waals surface area contributed by atoms with Crippen LogP contribution >= 0.6 is 0 Å². The third kappa shape index (κ3) is 2.30. The third-order valence-electron chi connectivity index (χ3n) is 3.80. The fraction of sp³-hybridized carbons (Fsp3) is 0.438. The number of nitrogens with zero attached hydrogens (tertiary/aromatic N) is 2. The van der Waals surface area contributed by atoms with E-state index in [4.69, 9.17) is 4.74 Å². The van der Waals surface area contributed by atoms with Gasteiger partial charge in [0.1, 0.15) is 0 Å². The quantitative estimate of drug-likeness (QED) is 0.826. The summed E-state index contributed by atoms with van der Waals surface area (Å²) >= 11 is 0. The fourth-order valence-corrected chi connectivity index (χ4v) is 2.83. The summed E-state index contributed by atoms with van der Waals surface area (Å²) in [4.78, 5) is 7.06. The van der Waals surface area contributed by atoms with Crippen molar-refractivity contribution in [2.45, 2.75) is 20.3 Å². The molecule has 1 aliphatic heterocycles. The van der Waals surface area contributed by atoms with Crippen molar-refractivity contribution in [2.75, 3.05) is 31.2 Å². The molecule has 2 aromatic rings. The number of pyridine rings is 1. The Morgan fingerprint density at radius 1 is 1.16 bits per heavy atom. The summed E-state index contributed by atoms with van der Waals surface area (Å²) in [6, 6.07) is 8.68. The molecule has 3 nitrogen and oxygen atoms in total. The molecule has 1 fully saturated rings. The Morgan fingerprint density at radius 2 is 1.95 bits per heavy atom. The molecule has 0 atom stereocenters. The summed E-state index contributed by atoms with van der Waals surface area (Å²) in [6.45, 7) is 7.88. The first kappa shape index (κ1) is 12.4. The number of benzene rings is 1. The Kier molecular flexibility index (Phi) is 3.38. The van der Waals surface area contributed by atoms with Gasteiger partial charge in [-0.2, -0.15) is 0 Å². The maximum Gasteiger partial charge on any atom is 0.0709 e. The van der Waals surface area contributed by atoms with Crippen LogP contribution in [0.1, 0.15) is 18.2 Å². The lowest BCUT2D eigenvalue weighted by molar-refractivity contribution is 0.122. The highest BCUT2D eigenvalue weighted by molar-refractivity contribution is 5.87. The Hall–Kier alpha value is -1.61. The molecule has 1 aromatic heterocycles. The normalized spacial score (nSPS) is 16.0. The largest absolute Gasteiger partial charge is 0.378 e. The molecule has 0 spiro atoms. The molecule has 0 bridgehead atoms. The minimum Gasteiger partial charge on any atom is -0.378 e. The van der Waals surface area contributed by atoms with Crippen LogP contribution in [0.15, 0.2) is 24.3 Å². The van der Waals surface area contributed by atoms with E-state index in [0.717, 1.165) is 43.9 Å². The van der Waals surface area contributed by atoms with Gasteiger partial charge in [0.2, 0.25) is 0 Å². The topological polar surface area (TPSA) is 25.4 Å². The fourth-order valence-electron chi connectivity index (χ4n) is 2.83. The number of hydrogen-bond acceptors (Lipinski definition) is 3. The van der Waals surface area contributed by atoms with Crippen LogP contribution in [0.4, 0.5) is 5.69 Å². The predicted molar refractivity (Wildman–Crippen MR) is 78.9 cm³/mol. The summed E-state index contributed by atoms with van der Waals surface area (Å²) in [6.07, 6.45) is 1.04. The highest BCUT2D eigenvalue weighted by atomic mass is 16.5. The molecule has 0 aliphatic carbocycles. The van der Waals surface area contributed by atoms with Gasteiger partial charge in [0.25, 0.3) is 0 Å². The van der Waals surface area contributed by atoms with Gasteiger partial charge < -0.3 is 9.64 Å². The van der Waals surface area contributed by atoms with E-state index in [1.54, 1.807) is 0 Å². The molecule has 19 heavy (non-hydrogen) atoms. The van der Waals surface area contributed by atoms with Gasteiger partial charge in [0.15, 0.2) is 0 Å². The molecule has 1 aromatic carbocycles. The number of fused-ring (bicyclic) bond motifs is 1. The maximum absolute atomic E-state index is 5.44. The number of morpholine rings is 1. The summed E-state index contributed by atoms with van der Waals surface area (Å²) < 4.78 is 5.44. The Labute approximate surface area is 114 Å². The molecule has 1 saturated heterocycles. The molecular formula is C16H20N2O. The number of anilines is 1. The number of ether oxygens (including phenoxy) is 1. The second-order valence-electron chi connectivity index (χ2n) is 5.04. The van der Waals surface area contributed by atoms with Crippen molar-refractivity contribution in [3.63, 3.8) is 0 Å². The molecule has 3 heteroatoms. The maximum atomic E-state index is 5.44. The van der Waals surface area contributed by atoms with E-state index in [-0.39, 0.29) is 0 Å². The van der Waals surface area contributed by atoms with Gasteiger partial charge in [0, 0.05) is 29.9 Å². The second-order valence-corrected chi connectivity index (χ2v) is 5.04. The van der Waals surface area contributed by atoms with Gasteiger partial charge >= 0.3 is 0 Å². The standard InChI is InChI=1S/C16H20N2O/c1-3-13-14-5-4-12(2)17-15(14)6-7-16(13)18-8-10-19-11-9-18/h4-7H,3,8-11H2,1-2H3. The van der Waals surface area contributed by atoms with Gasteiger partial charge in [-0.15, -0.1) is 0 Å². The minimum absolute atomic E-state index is 0.827. The first-order valence-electron chi connectivity index (χ1n) is 7.01. The smallest absolute Gasteiger partial charge is 0.0709 e. The van der Waals surface area contributed by atoms with Crippen LogP contribution in [0.3, 0.4) is 0 Å². The SMILES string of the molecule is CCc1c(N2CCOCC2)ccc2nc(C)ccc12. The van der Waals surface area contributed by atoms with Crippen molar-refractivity contribution in [3.8, 4) is 0 Å². The summed E-state index contributed by atoms with van der Waals surface area (Å²) in [5.41, 5.74) is 4.94. The number of aromatic nitrogens is 1. The zero-order chi connectivity index (χ0) is 13.2. The lowest BCUT2D eigenvalue weighted by Gasteiger charge is -2.31. The van der Waals surface area contributed by atoms with Crippen LogP contribution in [-0.2, 0) is 11.2 Å². The van der Waals surface area contributed by atoms with E-state index < -0.39 is 0 Å². The zero-order valence-corrected chi connectivity index (χ0v) is 11.6. The monoisotopic (exact) mass is 256 g/mol. The van der Waals surface area contributed by atoms with Crippen LogP contribution in [-0.4, -0.2) is 31.3 Å². The Balaban J connectivity index is 2.11. The summed E-state index contributed by atoms with van der Waals surface area (Å²) in [5.74, 6) is 0. The van der Waals surface area contributed by atoms with Crippen molar-refractivity contribution < 1.29 is 4.74 Å². The van der Waals surface area contributed by atoms with Crippen LogP contribution in [0.5, 0.6) is 0 Å². The van der Waals surface area contributed by atoms with Crippen molar-refractivity contribution in [3.05, 3.63) is 35.5 Å². The van der Waals surface area contributed by atoms with E-state index in [1.165, 1.54) is 16.6 Å². The second kappa shape index (κ2) is 5.17. The third-order valence-corrected chi connectivity index (χ3v) is 3.80.